The highest BCUT2D eigenvalue weighted by Crippen LogP contribution is 2.16. The zero-order chi connectivity index (χ0) is 15.1. The van der Waals surface area contributed by atoms with Crippen molar-refractivity contribution < 1.29 is 9.53 Å². The predicted molar refractivity (Wildman–Crippen MR) is 81.7 cm³/mol. The molecule has 4 heteroatoms. The van der Waals surface area contributed by atoms with Crippen LogP contribution in [0.25, 0.3) is 0 Å². The van der Waals surface area contributed by atoms with Gasteiger partial charge in [-0.3, -0.25) is 4.79 Å². The maximum absolute atomic E-state index is 12.2. The first kappa shape index (κ1) is 16.5. The molecule has 0 fully saturated rings. The first-order valence-electron chi connectivity index (χ1n) is 7.10. The van der Waals surface area contributed by atoms with Gasteiger partial charge < -0.3 is 15.4 Å². The van der Waals surface area contributed by atoms with Crippen LogP contribution in [0.15, 0.2) is 24.3 Å². The van der Waals surface area contributed by atoms with E-state index in [1.54, 1.807) is 11.9 Å². The van der Waals surface area contributed by atoms with Gasteiger partial charge in [-0.15, -0.1) is 0 Å². The highest BCUT2D eigenvalue weighted by Gasteiger charge is 2.23. The number of benzene rings is 1. The minimum Gasteiger partial charge on any atom is -0.491 e. The van der Waals surface area contributed by atoms with Gasteiger partial charge in [-0.1, -0.05) is 32.0 Å². The van der Waals surface area contributed by atoms with E-state index in [0.29, 0.717) is 19.7 Å². The number of nitrogens with zero attached hydrogens (tertiary/aromatic N) is 1. The van der Waals surface area contributed by atoms with Gasteiger partial charge >= 0.3 is 0 Å². The van der Waals surface area contributed by atoms with Crippen molar-refractivity contribution in [3.8, 4) is 5.75 Å². The second-order valence-corrected chi connectivity index (χ2v) is 5.46. The Labute approximate surface area is 121 Å². The highest BCUT2D eigenvalue weighted by atomic mass is 16.5. The number of amides is 1. The van der Waals surface area contributed by atoms with E-state index in [4.69, 9.17) is 10.5 Å². The minimum absolute atomic E-state index is 0.0934. The summed E-state index contributed by atoms with van der Waals surface area (Å²) < 4.78 is 5.71. The molecule has 20 heavy (non-hydrogen) atoms. The fourth-order valence-electron chi connectivity index (χ4n) is 2.06. The second-order valence-electron chi connectivity index (χ2n) is 5.46. The monoisotopic (exact) mass is 278 g/mol. The summed E-state index contributed by atoms with van der Waals surface area (Å²) in [4.78, 5) is 13.9. The van der Waals surface area contributed by atoms with Crippen molar-refractivity contribution in [1.29, 1.82) is 0 Å². The maximum atomic E-state index is 12.2. The lowest BCUT2D eigenvalue weighted by molar-refractivity contribution is -0.135. The molecule has 0 aromatic heterocycles. The fourth-order valence-corrected chi connectivity index (χ4v) is 2.06. The van der Waals surface area contributed by atoms with Crippen molar-refractivity contribution in [2.24, 2.45) is 17.6 Å². The average molecular weight is 278 g/mol. The molecule has 112 valence electrons. The number of ether oxygens (including phenoxy) is 1. The molecule has 0 heterocycles. The Hall–Kier alpha value is -1.55. The summed E-state index contributed by atoms with van der Waals surface area (Å²) in [6, 6.07) is 7.87. The molecule has 0 radical (unpaired) electrons. The summed E-state index contributed by atoms with van der Waals surface area (Å²) in [6.45, 7) is 7.49. The smallest absolute Gasteiger partial charge is 0.227 e. The van der Waals surface area contributed by atoms with Crippen LogP contribution in [0.5, 0.6) is 5.75 Å². The number of aryl methyl sites for hydroxylation is 1. The number of hydrogen-bond donors (Lipinski definition) is 1. The molecule has 0 bridgehead atoms. The van der Waals surface area contributed by atoms with E-state index in [9.17, 15) is 4.79 Å². The summed E-state index contributed by atoms with van der Waals surface area (Å²) >= 11 is 0. The van der Waals surface area contributed by atoms with Crippen molar-refractivity contribution in [2.45, 2.75) is 20.8 Å². The second kappa shape index (κ2) is 7.90. The molecular weight excluding hydrogens is 252 g/mol. The lowest BCUT2D eigenvalue weighted by Gasteiger charge is -2.25. The van der Waals surface area contributed by atoms with E-state index in [1.165, 1.54) is 0 Å². The van der Waals surface area contributed by atoms with Crippen LogP contribution in [0.3, 0.4) is 0 Å². The van der Waals surface area contributed by atoms with Crippen molar-refractivity contribution in [2.75, 3.05) is 26.7 Å². The largest absolute Gasteiger partial charge is 0.491 e. The molecule has 0 aliphatic rings. The molecule has 0 aliphatic heterocycles. The number of rotatable bonds is 7. The van der Waals surface area contributed by atoms with Crippen LogP contribution in [0, 0.1) is 18.8 Å². The first-order chi connectivity index (χ1) is 9.47. The van der Waals surface area contributed by atoms with Gasteiger partial charge in [0.05, 0.1) is 12.5 Å². The third-order valence-electron chi connectivity index (χ3n) is 3.53. The number of para-hydroxylation sites is 1. The van der Waals surface area contributed by atoms with E-state index in [-0.39, 0.29) is 17.7 Å². The van der Waals surface area contributed by atoms with E-state index in [1.807, 2.05) is 45.0 Å². The molecule has 0 saturated carbocycles. The number of carbonyl (C=O) groups excluding carboxylic acids is 1. The Bertz CT molecular complexity index is 432. The summed E-state index contributed by atoms with van der Waals surface area (Å²) in [5, 5.41) is 0. The number of likely N-dealkylation sites (N-methyl/N-ethyl adjacent to an activating group) is 1. The molecule has 1 aromatic carbocycles. The van der Waals surface area contributed by atoms with Crippen LogP contribution in [0.2, 0.25) is 0 Å². The molecule has 1 amide bonds. The summed E-state index contributed by atoms with van der Waals surface area (Å²) in [5.41, 5.74) is 6.77. The molecule has 0 saturated heterocycles. The fraction of sp³-hybridized carbons (Fsp3) is 0.562. The Morgan fingerprint density at radius 3 is 2.55 bits per heavy atom. The predicted octanol–water partition coefficient (Wildman–Crippen LogP) is 2.06. The van der Waals surface area contributed by atoms with Crippen molar-refractivity contribution in [3.05, 3.63) is 29.8 Å². The molecule has 1 rings (SSSR count). The Balaban J connectivity index is 2.45. The third-order valence-corrected chi connectivity index (χ3v) is 3.53. The Morgan fingerprint density at radius 2 is 2.00 bits per heavy atom. The Morgan fingerprint density at radius 1 is 1.35 bits per heavy atom. The van der Waals surface area contributed by atoms with Crippen molar-refractivity contribution in [3.63, 3.8) is 0 Å². The number of nitrogens with two attached hydrogens (primary N) is 1. The average Bonchev–Trinajstić information content (AvgIpc) is 2.41. The van der Waals surface area contributed by atoms with E-state index < -0.39 is 0 Å². The van der Waals surface area contributed by atoms with Gasteiger partial charge in [0.25, 0.3) is 0 Å². The molecule has 0 spiro atoms. The Kier molecular flexibility index (Phi) is 6.52. The molecule has 0 aliphatic carbocycles. The van der Waals surface area contributed by atoms with Crippen LogP contribution in [0.4, 0.5) is 0 Å². The van der Waals surface area contributed by atoms with Crippen LogP contribution >= 0.6 is 0 Å². The SMILES string of the molecule is Cc1ccccc1OCCN(C)C(=O)C(CN)C(C)C. The van der Waals surface area contributed by atoms with Crippen LogP contribution in [-0.4, -0.2) is 37.6 Å². The molecule has 1 aromatic rings. The summed E-state index contributed by atoms with van der Waals surface area (Å²) in [7, 11) is 1.80. The van der Waals surface area contributed by atoms with Gasteiger partial charge in [0.2, 0.25) is 5.91 Å². The zero-order valence-corrected chi connectivity index (χ0v) is 12.9. The summed E-state index contributed by atoms with van der Waals surface area (Å²) in [6.07, 6.45) is 0. The third kappa shape index (κ3) is 4.53. The van der Waals surface area contributed by atoms with E-state index >= 15 is 0 Å². The number of carbonyl (C=O) groups is 1. The van der Waals surface area contributed by atoms with Gasteiger partial charge in [0.15, 0.2) is 0 Å². The first-order valence-corrected chi connectivity index (χ1v) is 7.10. The van der Waals surface area contributed by atoms with Crippen LogP contribution in [0.1, 0.15) is 19.4 Å². The van der Waals surface area contributed by atoms with Gasteiger partial charge in [0, 0.05) is 13.6 Å². The molecule has 2 N–H and O–H groups in total. The lowest BCUT2D eigenvalue weighted by Crippen LogP contribution is -2.40. The van der Waals surface area contributed by atoms with Crippen LogP contribution < -0.4 is 10.5 Å². The van der Waals surface area contributed by atoms with Gasteiger partial charge in [-0.25, -0.2) is 0 Å². The maximum Gasteiger partial charge on any atom is 0.227 e. The minimum atomic E-state index is -0.113. The van der Waals surface area contributed by atoms with Gasteiger partial charge in [-0.2, -0.15) is 0 Å². The summed E-state index contributed by atoms with van der Waals surface area (Å²) in [5.74, 6) is 1.11. The van der Waals surface area contributed by atoms with Gasteiger partial charge in [-0.05, 0) is 24.5 Å². The van der Waals surface area contributed by atoms with Gasteiger partial charge in [0.1, 0.15) is 12.4 Å². The van der Waals surface area contributed by atoms with Crippen molar-refractivity contribution in [1.82, 2.24) is 4.90 Å². The number of hydrogen-bond acceptors (Lipinski definition) is 3. The van der Waals surface area contributed by atoms with Crippen molar-refractivity contribution >= 4 is 5.91 Å². The zero-order valence-electron chi connectivity index (χ0n) is 12.9. The molecule has 4 nitrogen and oxygen atoms in total. The van der Waals surface area contributed by atoms with E-state index in [0.717, 1.165) is 11.3 Å². The van der Waals surface area contributed by atoms with E-state index in [2.05, 4.69) is 0 Å². The quantitative estimate of drug-likeness (QED) is 0.830. The topological polar surface area (TPSA) is 55.6 Å². The molecule has 1 unspecified atom stereocenters. The van der Waals surface area contributed by atoms with Crippen LogP contribution in [-0.2, 0) is 4.79 Å². The molecule has 1 atom stereocenters. The lowest BCUT2D eigenvalue weighted by atomic mass is 9.94. The normalized spacial score (nSPS) is 12.3. The highest BCUT2D eigenvalue weighted by molar-refractivity contribution is 5.79. The standard InChI is InChI=1S/C16H26N2O2/c1-12(2)14(11-17)16(19)18(4)9-10-20-15-8-6-5-7-13(15)3/h5-8,12,14H,9-11,17H2,1-4H3. The molecular formula is C16H26N2O2.